The Morgan fingerprint density at radius 2 is 1.93 bits per heavy atom. The minimum Gasteiger partial charge on any atom is -0.271 e. The first-order chi connectivity index (χ1) is 6.96. The van der Waals surface area contributed by atoms with Crippen molar-refractivity contribution in [2.24, 2.45) is 11.8 Å². The predicted molar refractivity (Wildman–Crippen MR) is 64.1 cm³/mol. The molecular weight excluding hydrogens is 212 g/mol. The number of hydrazine groups is 1. The van der Waals surface area contributed by atoms with Crippen LogP contribution >= 0.6 is 0 Å². The fraction of sp³-hybridized carbons (Fsp3) is 1.00. The van der Waals surface area contributed by atoms with Crippen LogP contribution in [0.5, 0.6) is 0 Å². The van der Waals surface area contributed by atoms with Crippen LogP contribution in [0.25, 0.3) is 0 Å². The summed E-state index contributed by atoms with van der Waals surface area (Å²) in [7, 11) is -2.82. The van der Waals surface area contributed by atoms with E-state index in [0.29, 0.717) is 12.3 Å². The Morgan fingerprint density at radius 1 is 1.33 bits per heavy atom. The van der Waals surface area contributed by atoms with Crippen molar-refractivity contribution in [3.63, 3.8) is 0 Å². The molecule has 0 aromatic heterocycles. The van der Waals surface area contributed by atoms with E-state index in [1.165, 1.54) is 0 Å². The minimum atomic E-state index is -2.82. The van der Waals surface area contributed by atoms with Crippen molar-refractivity contribution in [3.8, 4) is 0 Å². The molecule has 0 aromatic carbocycles. The van der Waals surface area contributed by atoms with E-state index in [4.69, 9.17) is 5.84 Å². The zero-order chi connectivity index (χ0) is 11.9. The SMILES string of the molecule is CCC(C)C(CCCS(=O)(=O)CC)NN. The summed E-state index contributed by atoms with van der Waals surface area (Å²) < 4.78 is 22.5. The molecule has 0 fully saturated rings. The van der Waals surface area contributed by atoms with Crippen LogP contribution in [0.15, 0.2) is 0 Å². The molecule has 0 aliphatic carbocycles. The Balaban J connectivity index is 3.93. The van der Waals surface area contributed by atoms with Gasteiger partial charge in [-0.15, -0.1) is 0 Å². The summed E-state index contributed by atoms with van der Waals surface area (Å²) in [6.45, 7) is 5.92. The van der Waals surface area contributed by atoms with Crippen molar-refractivity contribution in [1.82, 2.24) is 5.43 Å². The summed E-state index contributed by atoms with van der Waals surface area (Å²) in [5.41, 5.74) is 2.76. The quantitative estimate of drug-likeness (QED) is 0.488. The van der Waals surface area contributed by atoms with Crippen molar-refractivity contribution in [2.75, 3.05) is 11.5 Å². The molecular formula is C10H24N2O2S. The Hall–Kier alpha value is -0.130. The van der Waals surface area contributed by atoms with Gasteiger partial charge in [-0.3, -0.25) is 11.3 Å². The highest BCUT2D eigenvalue weighted by Gasteiger charge is 2.15. The molecule has 15 heavy (non-hydrogen) atoms. The topological polar surface area (TPSA) is 72.2 Å². The number of nitrogens with two attached hydrogens (primary N) is 1. The normalized spacial score (nSPS) is 16.3. The second kappa shape index (κ2) is 7.19. The molecule has 0 saturated carbocycles. The molecule has 0 saturated heterocycles. The average Bonchev–Trinajstić information content (AvgIpc) is 2.23. The van der Waals surface area contributed by atoms with E-state index in [1.54, 1.807) is 6.92 Å². The van der Waals surface area contributed by atoms with E-state index in [9.17, 15) is 8.42 Å². The van der Waals surface area contributed by atoms with Crippen molar-refractivity contribution in [1.29, 1.82) is 0 Å². The van der Waals surface area contributed by atoms with Gasteiger partial charge in [-0.25, -0.2) is 8.42 Å². The van der Waals surface area contributed by atoms with Crippen molar-refractivity contribution >= 4 is 9.84 Å². The first-order valence-electron chi connectivity index (χ1n) is 5.63. The zero-order valence-corrected chi connectivity index (χ0v) is 10.8. The molecule has 4 nitrogen and oxygen atoms in total. The Labute approximate surface area is 93.5 Å². The predicted octanol–water partition coefficient (Wildman–Crippen LogP) is 1.08. The lowest BCUT2D eigenvalue weighted by Crippen LogP contribution is -2.40. The molecule has 0 aromatic rings. The second-order valence-corrected chi connectivity index (χ2v) is 6.51. The molecule has 92 valence electrons. The molecule has 0 aliphatic rings. The maximum absolute atomic E-state index is 11.3. The van der Waals surface area contributed by atoms with Crippen LogP contribution in [0.4, 0.5) is 0 Å². The molecule has 2 unspecified atom stereocenters. The summed E-state index contributed by atoms with van der Waals surface area (Å²) in [5.74, 6) is 6.43. The Kier molecular flexibility index (Phi) is 7.13. The van der Waals surface area contributed by atoms with Gasteiger partial charge in [0.05, 0.1) is 5.75 Å². The first kappa shape index (κ1) is 14.9. The smallest absolute Gasteiger partial charge is 0.150 e. The van der Waals surface area contributed by atoms with E-state index < -0.39 is 9.84 Å². The standard InChI is InChI=1S/C10H24N2O2S/c1-4-9(3)10(12-11)7-6-8-15(13,14)5-2/h9-10,12H,4-8,11H2,1-3H3. The first-order valence-corrected chi connectivity index (χ1v) is 7.45. The molecule has 5 heteroatoms. The van der Waals surface area contributed by atoms with Gasteiger partial charge >= 0.3 is 0 Å². The summed E-state index contributed by atoms with van der Waals surface area (Å²) in [5, 5.41) is 0. The Morgan fingerprint density at radius 3 is 2.33 bits per heavy atom. The molecule has 0 bridgehead atoms. The van der Waals surface area contributed by atoms with Gasteiger partial charge in [-0.2, -0.15) is 0 Å². The highest BCUT2D eigenvalue weighted by atomic mass is 32.2. The van der Waals surface area contributed by atoms with Crippen LogP contribution in [-0.4, -0.2) is 26.0 Å². The maximum atomic E-state index is 11.3. The molecule has 0 amide bonds. The molecule has 3 N–H and O–H groups in total. The van der Waals surface area contributed by atoms with Crippen LogP contribution in [-0.2, 0) is 9.84 Å². The molecule has 0 radical (unpaired) electrons. The van der Waals surface area contributed by atoms with E-state index in [1.807, 2.05) is 0 Å². The lowest BCUT2D eigenvalue weighted by molar-refractivity contribution is 0.350. The van der Waals surface area contributed by atoms with Gasteiger partial charge in [-0.05, 0) is 18.8 Å². The summed E-state index contributed by atoms with van der Waals surface area (Å²) >= 11 is 0. The average molecular weight is 236 g/mol. The van der Waals surface area contributed by atoms with Crippen molar-refractivity contribution < 1.29 is 8.42 Å². The monoisotopic (exact) mass is 236 g/mol. The lowest BCUT2D eigenvalue weighted by atomic mass is 9.96. The number of hydrogen-bond donors (Lipinski definition) is 2. The largest absolute Gasteiger partial charge is 0.271 e. The van der Waals surface area contributed by atoms with E-state index in [0.717, 1.165) is 12.8 Å². The van der Waals surface area contributed by atoms with Crippen LogP contribution in [0.3, 0.4) is 0 Å². The highest BCUT2D eigenvalue weighted by molar-refractivity contribution is 7.91. The Bertz CT molecular complexity index is 252. The maximum Gasteiger partial charge on any atom is 0.150 e. The van der Waals surface area contributed by atoms with Gasteiger partial charge in [-0.1, -0.05) is 27.2 Å². The van der Waals surface area contributed by atoms with Crippen molar-refractivity contribution in [3.05, 3.63) is 0 Å². The third kappa shape index (κ3) is 6.12. The third-order valence-corrected chi connectivity index (χ3v) is 4.75. The fourth-order valence-electron chi connectivity index (χ4n) is 1.48. The van der Waals surface area contributed by atoms with E-state index in [-0.39, 0.29) is 17.5 Å². The number of sulfone groups is 1. The van der Waals surface area contributed by atoms with Crippen LogP contribution in [0, 0.1) is 5.92 Å². The van der Waals surface area contributed by atoms with E-state index >= 15 is 0 Å². The van der Waals surface area contributed by atoms with Gasteiger partial charge in [0.15, 0.2) is 0 Å². The summed E-state index contributed by atoms with van der Waals surface area (Å²) in [4.78, 5) is 0. The van der Waals surface area contributed by atoms with Gasteiger partial charge in [0, 0.05) is 11.8 Å². The zero-order valence-electron chi connectivity index (χ0n) is 9.99. The number of hydrogen-bond acceptors (Lipinski definition) is 4. The summed E-state index contributed by atoms with van der Waals surface area (Å²) in [6.07, 6.45) is 2.56. The van der Waals surface area contributed by atoms with Gasteiger partial charge < -0.3 is 0 Å². The van der Waals surface area contributed by atoms with Gasteiger partial charge in [0.1, 0.15) is 9.84 Å². The van der Waals surface area contributed by atoms with E-state index in [2.05, 4.69) is 19.3 Å². The molecule has 0 heterocycles. The van der Waals surface area contributed by atoms with Gasteiger partial charge in [0.2, 0.25) is 0 Å². The number of rotatable bonds is 8. The van der Waals surface area contributed by atoms with Gasteiger partial charge in [0.25, 0.3) is 0 Å². The molecule has 2 atom stereocenters. The third-order valence-electron chi connectivity index (χ3n) is 2.96. The van der Waals surface area contributed by atoms with Crippen LogP contribution < -0.4 is 11.3 Å². The number of nitrogens with one attached hydrogen (secondary N) is 1. The molecule has 0 aliphatic heterocycles. The van der Waals surface area contributed by atoms with Crippen LogP contribution in [0.1, 0.15) is 40.0 Å². The highest BCUT2D eigenvalue weighted by Crippen LogP contribution is 2.12. The van der Waals surface area contributed by atoms with Crippen molar-refractivity contribution in [2.45, 2.75) is 46.1 Å². The minimum absolute atomic E-state index is 0.224. The lowest BCUT2D eigenvalue weighted by Gasteiger charge is -2.21. The fourth-order valence-corrected chi connectivity index (χ4v) is 2.38. The molecule has 0 rings (SSSR count). The van der Waals surface area contributed by atoms with Crippen LogP contribution in [0.2, 0.25) is 0 Å². The summed E-state index contributed by atoms with van der Waals surface area (Å²) in [6, 6.07) is 0.224. The molecule has 0 spiro atoms. The second-order valence-electron chi connectivity index (χ2n) is 4.04.